The number of thioether (sulfide) groups is 1. The number of hydrogen-bond donors (Lipinski definition) is 0. The van der Waals surface area contributed by atoms with E-state index < -0.39 is 17.7 Å². The highest BCUT2D eigenvalue weighted by Gasteiger charge is 2.33. The number of amides is 1. The van der Waals surface area contributed by atoms with E-state index in [4.69, 9.17) is 4.74 Å². The Kier molecular flexibility index (Phi) is 8.50. The van der Waals surface area contributed by atoms with Crippen LogP contribution in [0.2, 0.25) is 0 Å². The van der Waals surface area contributed by atoms with Crippen LogP contribution in [0.1, 0.15) is 31.2 Å². The lowest BCUT2D eigenvalue weighted by molar-refractivity contribution is -0.128. The fourth-order valence-corrected chi connectivity index (χ4v) is 7.57. The van der Waals surface area contributed by atoms with Gasteiger partial charge in [-0.15, -0.1) is 11.8 Å². The van der Waals surface area contributed by atoms with Gasteiger partial charge in [0.25, 0.3) is 0 Å². The fourth-order valence-electron chi connectivity index (χ4n) is 6.39. The molecule has 3 aromatic rings. The first kappa shape index (κ1) is 29.3. The number of carbonyl (C=O) groups excluding carboxylic acids is 1. The van der Waals surface area contributed by atoms with Crippen LogP contribution in [0, 0.1) is 23.0 Å². The number of piperazine rings is 1. The van der Waals surface area contributed by atoms with E-state index in [0.29, 0.717) is 31.1 Å². The molecular formula is C32H34F2N6O2S. The molecule has 2 aromatic carbocycles. The van der Waals surface area contributed by atoms with Gasteiger partial charge in [-0.05, 0) is 62.7 Å². The first-order chi connectivity index (χ1) is 20.9. The van der Waals surface area contributed by atoms with Crippen LogP contribution in [-0.4, -0.2) is 83.3 Å². The van der Waals surface area contributed by atoms with Gasteiger partial charge in [0.2, 0.25) is 5.91 Å². The molecule has 2 fully saturated rings. The van der Waals surface area contributed by atoms with Crippen molar-refractivity contribution in [1.82, 2.24) is 19.8 Å². The maximum Gasteiger partial charge on any atom is 0.319 e. The second-order valence-corrected chi connectivity index (χ2v) is 12.4. The number of likely N-dealkylation sites (tertiary alicyclic amines) is 1. The highest BCUT2D eigenvalue weighted by molar-refractivity contribution is 7.99. The molecule has 43 heavy (non-hydrogen) atoms. The Balaban J connectivity index is 1.46. The van der Waals surface area contributed by atoms with Crippen LogP contribution in [0.4, 0.5) is 14.6 Å². The number of aromatic nitrogens is 2. The van der Waals surface area contributed by atoms with Gasteiger partial charge < -0.3 is 19.4 Å². The number of halogens is 2. The third-order valence-electron chi connectivity index (χ3n) is 8.69. The van der Waals surface area contributed by atoms with Crippen molar-refractivity contribution in [3.8, 4) is 23.2 Å². The monoisotopic (exact) mass is 604 g/mol. The Bertz CT molecular complexity index is 1610. The summed E-state index contributed by atoms with van der Waals surface area (Å²) in [6, 6.07) is 8.87. The van der Waals surface area contributed by atoms with E-state index in [1.165, 1.54) is 12.1 Å². The molecule has 0 bridgehead atoms. The summed E-state index contributed by atoms with van der Waals surface area (Å²) in [5, 5.41) is 9.69. The Labute approximate surface area is 254 Å². The summed E-state index contributed by atoms with van der Waals surface area (Å²) in [5.41, 5.74) is 1.50. The standard InChI is InChI=1S/C32H34F2N6O2S/c1-3-26(41)40-15-14-39(18-21(40)11-12-35)31-24-17-25(33)27(23-10-4-7-20-8-6-16-43-30(20)23)28(34)29(24)36-32(37-31)42-19-22-9-5-13-38(22)2/h3-4,7,10,17,21-22H,1,5-6,8-9,11,13-16,18-19H2,2H3/t21-,22-/m0/s1. The van der Waals surface area contributed by atoms with Gasteiger partial charge >= 0.3 is 6.01 Å². The van der Waals surface area contributed by atoms with E-state index in [-0.39, 0.29) is 47.4 Å². The van der Waals surface area contributed by atoms with Crippen molar-refractivity contribution in [1.29, 1.82) is 5.26 Å². The molecule has 2 saturated heterocycles. The minimum atomic E-state index is -0.755. The van der Waals surface area contributed by atoms with Crippen LogP contribution in [0.25, 0.3) is 22.0 Å². The number of nitriles is 1. The highest BCUT2D eigenvalue weighted by atomic mass is 32.2. The fraction of sp³-hybridized carbons (Fsp3) is 0.438. The molecule has 1 amide bonds. The molecule has 0 unspecified atom stereocenters. The zero-order valence-corrected chi connectivity index (χ0v) is 25.0. The Hall–Kier alpha value is -3.75. The maximum absolute atomic E-state index is 16.6. The molecule has 0 saturated carbocycles. The van der Waals surface area contributed by atoms with Crippen LogP contribution in [0.15, 0.2) is 41.8 Å². The molecule has 3 aliphatic rings. The normalized spacial score (nSPS) is 20.6. The number of nitrogens with zero attached hydrogens (tertiary/aromatic N) is 6. The van der Waals surface area contributed by atoms with Crippen molar-refractivity contribution in [3.63, 3.8) is 0 Å². The SMILES string of the molecule is C=CC(=O)N1CCN(c2nc(OC[C@@H]3CCCN3C)nc3c(F)c(-c4cccc5c4SCCC5)c(F)cc23)C[C@@H]1CC#N. The van der Waals surface area contributed by atoms with Gasteiger partial charge in [-0.3, -0.25) is 4.79 Å². The molecule has 1 aromatic heterocycles. The highest BCUT2D eigenvalue weighted by Crippen LogP contribution is 2.43. The summed E-state index contributed by atoms with van der Waals surface area (Å²) in [6.45, 7) is 5.83. The Morgan fingerprint density at radius 2 is 2.09 bits per heavy atom. The van der Waals surface area contributed by atoms with Crippen molar-refractivity contribution in [3.05, 3.63) is 54.1 Å². The average Bonchev–Trinajstić information content (AvgIpc) is 3.44. The van der Waals surface area contributed by atoms with Gasteiger partial charge in [-0.25, -0.2) is 8.78 Å². The average molecular weight is 605 g/mol. The lowest BCUT2D eigenvalue weighted by Gasteiger charge is -2.41. The number of benzene rings is 2. The van der Waals surface area contributed by atoms with Gasteiger partial charge in [0.15, 0.2) is 5.82 Å². The molecule has 11 heteroatoms. The molecule has 0 radical (unpaired) electrons. The Morgan fingerprint density at radius 1 is 1.23 bits per heavy atom. The quantitative estimate of drug-likeness (QED) is 0.340. The zero-order valence-electron chi connectivity index (χ0n) is 24.2. The van der Waals surface area contributed by atoms with Crippen LogP contribution < -0.4 is 9.64 Å². The maximum atomic E-state index is 16.6. The molecular weight excluding hydrogens is 570 g/mol. The number of hydrogen-bond acceptors (Lipinski definition) is 8. The van der Waals surface area contributed by atoms with Crippen LogP contribution in [-0.2, 0) is 11.2 Å². The number of fused-ring (bicyclic) bond motifs is 2. The van der Waals surface area contributed by atoms with E-state index in [9.17, 15) is 10.1 Å². The number of anilines is 1. The minimum Gasteiger partial charge on any atom is -0.462 e. The zero-order chi connectivity index (χ0) is 30.1. The van der Waals surface area contributed by atoms with Gasteiger partial charge in [-0.2, -0.15) is 15.2 Å². The molecule has 2 atom stereocenters. The number of ether oxygens (including phenoxy) is 1. The summed E-state index contributed by atoms with van der Waals surface area (Å²) in [5.74, 6) is -0.490. The topological polar surface area (TPSA) is 85.6 Å². The Morgan fingerprint density at radius 3 is 2.86 bits per heavy atom. The second kappa shape index (κ2) is 12.5. The molecule has 6 rings (SSSR count). The predicted molar refractivity (Wildman–Crippen MR) is 163 cm³/mol. The van der Waals surface area contributed by atoms with Gasteiger partial charge in [0.05, 0.1) is 24.1 Å². The molecule has 4 heterocycles. The van der Waals surface area contributed by atoms with Gasteiger partial charge in [0, 0.05) is 41.5 Å². The summed E-state index contributed by atoms with van der Waals surface area (Å²) in [6.07, 6.45) is 5.28. The number of aryl methyl sites for hydroxylation is 1. The van der Waals surface area contributed by atoms with E-state index in [0.717, 1.165) is 48.4 Å². The van der Waals surface area contributed by atoms with Crippen molar-refractivity contribution >= 4 is 34.4 Å². The first-order valence-electron chi connectivity index (χ1n) is 14.7. The smallest absolute Gasteiger partial charge is 0.319 e. The largest absolute Gasteiger partial charge is 0.462 e. The van der Waals surface area contributed by atoms with Crippen LogP contribution >= 0.6 is 11.8 Å². The van der Waals surface area contributed by atoms with Crippen molar-refractivity contribution in [2.75, 3.05) is 50.5 Å². The molecule has 3 aliphatic heterocycles. The molecule has 8 nitrogen and oxygen atoms in total. The predicted octanol–water partition coefficient (Wildman–Crippen LogP) is 5.20. The third kappa shape index (κ3) is 5.66. The molecule has 0 spiro atoms. The number of carbonyl (C=O) groups is 1. The lowest BCUT2D eigenvalue weighted by Crippen LogP contribution is -2.55. The molecule has 224 valence electrons. The van der Waals surface area contributed by atoms with Crippen LogP contribution in [0.3, 0.4) is 0 Å². The van der Waals surface area contributed by atoms with Crippen molar-refractivity contribution in [2.45, 2.75) is 49.1 Å². The summed E-state index contributed by atoms with van der Waals surface area (Å²) < 4.78 is 38.7. The lowest BCUT2D eigenvalue weighted by atomic mass is 9.98. The summed E-state index contributed by atoms with van der Waals surface area (Å²) in [4.78, 5) is 28.3. The number of likely N-dealkylation sites (N-methyl/N-ethyl adjacent to an activating group) is 1. The first-order valence-corrected chi connectivity index (χ1v) is 15.7. The molecule has 0 N–H and O–H groups in total. The van der Waals surface area contributed by atoms with Crippen LogP contribution in [0.5, 0.6) is 6.01 Å². The van der Waals surface area contributed by atoms with E-state index in [1.54, 1.807) is 22.7 Å². The van der Waals surface area contributed by atoms with Gasteiger partial charge in [-0.1, -0.05) is 24.8 Å². The minimum absolute atomic E-state index is 0.0176. The van der Waals surface area contributed by atoms with E-state index in [1.807, 2.05) is 24.1 Å². The van der Waals surface area contributed by atoms with E-state index >= 15 is 8.78 Å². The number of rotatable bonds is 7. The molecule has 0 aliphatic carbocycles. The second-order valence-electron chi connectivity index (χ2n) is 11.3. The van der Waals surface area contributed by atoms with E-state index in [2.05, 4.69) is 27.5 Å². The van der Waals surface area contributed by atoms with Crippen molar-refractivity contribution < 1.29 is 18.3 Å². The summed E-state index contributed by atoms with van der Waals surface area (Å²) in [7, 11) is 2.04. The van der Waals surface area contributed by atoms with Gasteiger partial charge in [0.1, 0.15) is 23.8 Å². The third-order valence-corrected chi connectivity index (χ3v) is 9.95. The van der Waals surface area contributed by atoms with Crippen molar-refractivity contribution in [2.24, 2.45) is 0 Å². The summed E-state index contributed by atoms with van der Waals surface area (Å²) >= 11 is 1.62.